The molecule has 3 N–H and O–H groups in total. The van der Waals surface area contributed by atoms with E-state index in [-0.39, 0.29) is 11.8 Å². The summed E-state index contributed by atoms with van der Waals surface area (Å²) in [5.41, 5.74) is 3.89. The highest BCUT2D eigenvalue weighted by atomic mass is 16.4. The third kappa shape index (κ3) is 1.64. The van der Waals surface area contributed by atoms with E-state index in [9.17, 15) is 15.0 Å². The number of H-pyrrole nitrogens is 1. The van der Waals surface area contributed by atoms with Gasteiger partial charge in [-0.3, -0.25) is 9.69 Å². The highest BCUT2D eigenvalue weighted by Crippen LogP contribution is 2.44. The summed E-state index contributed by atoms with van der Waals surface area (Å²) in [6.07, 6.45) is 4.64. The predicted octanol–water partition coefficient (Wildman–Crippen LogP) is 1.83. The molecule has 108 valence electrons. The van der Waals surface area contributed by atoms with Crippen LogP contribution in [-0.2, 0) is 11.2 Å². The number of carboxylic acid groups (broad SMARTS) is 1. The summed E-state index contributed by atoms with van der Waals surface area (Å²) >= 11 is 0. The van der Waals surface area contributed by atoms with E-state index in [2.05, 4.69) is 9.88 Å². The molecule has 1 aromatic heterocycles. The van der Waals surface area contributed by atoms with Gasteiger partial charge in [-0.25, -0.2) is 0 Å². The minimum absolute atomic E-state index is 0.125. The molecule has 5 nitrogen and oxygen atoms in total. The van der Waals surface area contributed by atoms with Gasteiger partial charge in [0.05, 0.1) is 5.92 Å². The van der Waals surface area contributed by atoms with Crippen molar-refractivity contribution < 1.29 is 15.0 Å². The van der Waals surface area contributed by atoms with Gasteiger partial charge in [0.25, 0.3) is 0 Å². The molecule has 0 saturated carbocycles. The number of aromatic nitrogens is 1. The molecular weight excluding hydrogens is 268 g/mol. The average Bonchev–Trinajstić information content (AvgIpc) is 2.86. The number of aromatic hydroxyl groups is 1. The number of phenols is 1. The van der Waals surface area contributed by atoms with E-state index in [4.69, 9.17) is 0 Å². The SMILES string of the molecule is CN1C[C@H](C(=O)O)C=C2c3c(O)ccc4[nH]cc(c34)C[C@H]21. The Hall–Kier alpha value is -2.27. The molecule has 2 aromatic rings. The molecule has 1 aliphatic carbocycles. The van der Waals surface area contributed by atoms with E-state index < -0.39 is 11.9 Å². The Bertz CT molecular complexity index is 790. The molecule has 4 rings (SSSR count). The van der Waals surface area contributed by atoms with Crippen LogP contribution in [0.2, 0.25) is 0 Å². The Morgan fingerprint density at radius 2 is 2.24 bits per heavy atom. The van der Waals surface area contributed by atoms with Crippen molar-refractivity contribution in [3.8, 4) is 5.75 Å². The van der Waals surface area contributed by atoms with Crippen molar-refractivity contribution in [2.75, 3.05) is 13.6 Å². The maximum absolute atomic E-state index is 11.4. The van der Waals surface area contributed by atoms with Crippen molar-refractivity contribution in [1.29, 1.82) is 0 Å². The summed E-state index contributed by atoms with van der Waals surface area (Å²) in [6, 6.07) is 3.66. The summed E-state index contributed by atoms with van der Waals surface area (Å²) in [5.74, 6) is -1.13. The number of hydrogen-bond donors (Lipinski definition) is 3. The fourth-order valence-corrected chi connectivity index (χ4v) is 3.66. The Morgan fingerprint density at radius 1 is 1.43 bits per heavy atom. The first-order valence-corrected chi connectivity index (χ1v) is 7.03. The van der Waals surface area contributed by atoms with Crippen LogP contribution in [-0.4, -0.2) is 45.7 Å². The molecule has 0 fully saturated rings. The third-order valence-corrected chi connectivity index (χ3v) is 4.68. The van der Waals surface area contributed by atoms with Crippen LogP contribution < -0.4 is 0 Å². The Morgan fingerprint density at radius 3 is 3.00 bits per heavy atom. The number of carbonyl (C=O) groups is 1. The van der Waals surface area contributed by atoms with E-state index in [0.29, 0.717) is 6.54 Å². The fraction of sp³-hybridized carbons (Fsp3) is 0.312. The fourth-order valence-electron chi connectivity index (χ4n) is 3.66. The van der Waals surface area contributed by atoms with E-state index in [1.165, 1.54) is 5.56 Å². The molecule has 1 aliphatic heterocycles. The lowest BCUT2D eigenvalue weighted by molar-refractivity contribution is -0.140. The van der Waals surface area contributed by atoms with Gasteiger partial charge in [0.1, 0.15) is 5.75 Å². The largest absolute Gasteiger partial charge is 0.507 e. The molecule has 5 heteroatoms. The molecular formula is C16H16N2O3. The summed E-state index contributed by atoms with van der Waals surface area (Å²) in [4.78, 5) is 16.7. The second-order valence-corrected chi connectivity index (χ2v) is 5.92. The van der Waals surface area contributed by atoms with Crippen molar-refractivity contribution >= 4 is 22.4 Å². The number of aliphatic carboxylic acids is 1. The van der Waals surface area contributed by atoms with Crippen LogP contribution in [0.4, 0.5) is 0 Å². The first-order valence-electron chi connectivity index (χ1n) is 7.03. The zero-order valence-electron chi connectivity index (χ0n) is 11.6. The Balaban J connectivity index is 2.01. The van der Waals surface area contributed by atoms with E-state index >= 15 is 0 Å². The van der Waals surface area contributed by atoms with Gasteiger partial charge in [0.15, 0.2) is 0 Å². The van der Waals surface area contributed by atoms with Crippen LogP contribution in [0.5, 0.6) is 5.75 Å². The second-order valence-electron chi connectivity index (χ2n) is 5.92. The number of nitrogens with one attached hydrogen (secondary N) is 1. The maximum Gasteiger partial charge on any atom is 0.311 e. The number of fused-ring (bicyclic) bond motifs is 2. The Labute approximate surface area is 121 Å². The van der Waals surface area contributed by atoms with Gasteiger partial charge < -0.3 is 15.2 Å². The van der Waals surface area contributed by atoms with Gasteiger partial charge in [0.2, 0.25) is 0 Å². The number of nitrogens with zero attached hydrogens (tertiary/aromatic N) is 1. The van der Waals surface area contributed by atoms with Gasteiger partial charge in [-0.2, -0.15) is 0 Å². The van der Waals surface area contributed by atoms with Crippen molar-refractivity contribution in [3.05, 3.63) is 35.5 Å². The number of likely N-dealkylation sites (N-methyl/N-ethyl adjacent to an activating group) is 1. The normalized spacial score (nSPS) is 24.7. The van der Waals surface area contributed by atoms with Gasteiger partial charge in [-0.05, 0) is 36.7 Å². The molecule has 0 bridgehead atoms. The molecule has 0 unspecified atom stereocenters. The number of carboxylic acids is 1. The second kappa shape index (κ2) is 4.11. The quantitative estimate of drug-likeness (QED) is 0.746. The lowest BCUT2D eigenvalue weighted by Crippen LogP contribution is -2.44. The molecule has 0 spiro atoms. The van der Waals surface area contributed by atoms with Crippen molar-refractivity contribution in [3.63, 3.8) is 0 Å². The van der Waals surface area contributed by atoms with Gasteiger partial charge in [0, 0.05) is 35.2 Å². The summed E-state index contributed by atoms with van der Waals surface area (Å²) in [5, 5.41) is 20.7. The first kappa shape index (κ1) is 12.5. The molecule has 0 radical (unpaired) electrons. The van der Waals surface area contributed by atoms with Gasteiger partial charge >= 0.3 is 5.97 Å². The molecule has 21 heavy (non-hydrogen) atoms. The smallest absolute Gasteiger partial charge is 0.311 e. The average molecular weight is 284 g/mol. The number of benzene rings is 1. The van der Waals surface area contributed by atoms with Crippen molar-refractivity contribution in [2.24, 2.45) is 5.92 Å². The van der Waals surface area contributed by atoms with E-state index in [0.717, 1.165) is 28.5 Å². The molecule has 0 saturated heterocycles. The van der Waals surface area contributed by atoms with Crippen LogP contribution in [0.25, 0.3) is 16.5 Å². The number of aromatic amines is 1. The highest BCUT2D eigenvalue weighted by Gasteiger charge is 2.36. The summed E-state index contributed by atoms with van der Waals surface area (Å²) < 4.78 is 0. The lowest BCUT2D eigenvalue weighted by atomic mass is 9.79. The Kier molecular flexibility index (Phi) is 2.44. The zero-order valence-corrected chi connectivity index (χ0v) is 11.6. The van der Waals surface area contributed by atoms with Crippen LogP contribution in [0.3, 0.4) is 0 Å². The van der Waals surface area contributed by atoms with Crippen LogP contribution in [0, 0.1) is 5.92 Å². The molecule has 2 aliphatic rings. The molecule has 2 atom stereocenters. The first-order chi connectivity index (χ1) is 10.1. The third-order valence-electron chi connectivity index (χ3n) is 4.68. The summed E-state index contributed by atoms with van der Waals surface area (Å²) in [6.45, 7) is 0.500. The van der Waals surface area contributed by atoms with E-state index in [1.807, 2.05) is 25.4 Å². The predicted molar refractivity (Wildman–Crippen MR) is 79.2 cm³/mol. The topological polar surface area (TPSA) is 76.6 Å². The molecule has 1 aromatic carbocycles. The number of hydrogen-bond acceptors (Lipinski definition) is 3. The number of rotatable bonds is 1. The standard InChI is InChI=1S/C16H16N2O3/c1-18-7-9(16(20)21)4-10-12(18)5-8-6-17-11-2-3-13(19)15(10)14(8)11/h2-4,6,9,12,17,19H,5,7H2,1H3,(H,20,21)/t9-,12-/m1/s1. The molecule has 2 heterocycles. The molecule has 0 amide bonds. The number of phenolic OH excluding ortho intramolecular Hbond substituents is 1. The minimum atomic E-state index is -0.820. The summed E-state index contributed by atoms with van der Waals surface area (Å²) in [7, 11) is 1.95. The van der Waals surface area contributed by atoms with Crippen molar-refractivity contribution in [1.82, 2.24) is 9.88 Å². The monoisotopic (exact) mass is 284 g/mol. The van der Waals surface area contributed by atoms with Crippen molar-refractivity contribution in [2.45, 2.75) is 12.5 Å². The zero-order chi connectivity index (χ0) is 14.7. The maximum atomic E-state index is 11.4. The van der Waals surface area contributed by atoms with Crippen LogP contribution in [0.1, 0.15) is 11.1 Å². The van der Waals surface area contributed by atoms with E-state index in [1.54, 1.807) is 6.07 Å². The highest BCUT2D eigenvalue weighted by molar-refractivity contribution is 6.01. The lowest BCUT2D eigenvalue weighted by Gasteiger charge is -2.39. The van der Waals surface area contributed by atoms with Gasteiger partial charge in [-0.15, -0.1) is 0 Å². The van der Waals surface area contributed by atoms with Crippen LogP contribution >= 0.6 is 0 Å². The van der Waals surface area contributed by atoms with Crippen LogP contribution in [0.15, 0.2) is 24.4 Å². The van der Waals surface area contributed by atoms with Gasteiger partial charge in [-0.1, -0.05) is 6.08 Å². The minimum Gasteiger partial charge on any atom is -0.507 e.